The Morgan fingerprint density at radius 3 is 2.39 bits per heavy atom. The van der Waals surface area contributed by atoms with E-state index >= 15 is 0 Å². The molecule has 196 valence electrons. The third-order valence-corrected chi connectivity index (χ3v) is 7.90. The molecule has 1 unspecified atom stereocenters. The molecule has 0 saturated heterocycles. The van der Waals surface area contributed by atoms with Crippen LogP contribution in [0.1, 0.15) is 44.6 Å². The number of nitrogens with zero attached hydrogens (tertiary/aromatic N) is 2. The summed E-state index contributed by atoms with van der Waals surface area (Å²) in [6.07, 6.45) is 6.53. The summed E-state index contributed by atoms with van der Waals surface area (Å²) in [5.74, 6) is -1.50. The summed E-state index contributed by atoms with van der Waals surface area (Å²) in [6.45, 7) is 1.33. The van der Waals surface area contributed by atoms with Crippen molar-refractivity contribution in [2.24, 2.45) is 0 Å². The zero-order valence-electron chi connectivity index (χ0n) is 20.6. The average molecular weight is 538 g/mol. The van der Waals surface area contributed by atoms with Crippen LogP contribution in [0.5, 0.6) is 0 Å². The van der Waals surface area contributed by atoms with Gasteiger partial charge in [0.15, 0.2) is 0 Å². The van der Waals surface area contributed by atoms with Crippen molar-refractivity contribution in [1.82, 2.24) is 10.2 Å². The minimum absolute atomic E-state index is 0.0690. The van der Waals surface area contributed by atoms with E-state index in [4.69, 9.17) is 11.6 Å². The second-order valence-corrected chi connectivity index (χ2v) is 11.5. The van der Waals surface area contributed by atoms with Crippen molar-refractivity contribution in [3.63, 3.8) is 0 Å². The van der Waals surface area contributed by atoms with Gasteiger partial charge in [0.2, 0.25) is 21.8 Å². The van der Waals surface area contributed by atoms with Gasteiger partial charge in [-0.3, -0.25) is 13.9 Å². The Balaban J connectivity index is 1.82. The van der Waals surface area contributed by atoms with Gasteiger partial charge in [0, 0.05) is 12.6 Å². The van der Waals surface area contributed by atoms with Crippen LogP contribution in [0.4, 0.5) is 10.1 Å². The first-order valence-corrected chi connectivity index (χ1v) is 14.4. The quantitative estimate of drug-likeness (QED) is 0.493. The molecule has 0 spiro atoms. The molecule has 1 fully saturated rings. The number of amides is 2. The molecule has 3 rings (SSSR count). The number of benzene rings is 2. The van der Waals surface area contributed by atoms with Crippen LogP contribution < -0.4 is 9.62 Å². The summed E-state index contributed by atoms with van der Waals surface area (Å²) in [5.41, 5.74) is 1.06. The maximum absolute atomic E-state index is 13.7. The van der Waals surface area contributed by atoms with E-state index in [0.717, 1.165) is 54.3 Å². The predicted octanol–water partition coefficient (Wildman–Crippen LogP) is 4.15. The number of halogens is 2. The van der Waals surface area contributed by atoms with Crippen molar-refractivity contribution in [1.29, 1.82) is 0 Å². The second-order valence-electron chi connectivity index (χ2n) is 9.21. The van der Waals surface area contributed by atoms with Gasteiger partial charge in [0.1, 0.15) is 18.4 Å². The Kier molecular flexibility index (Phi) is 9.73. The van der Waals surface area contributed by atoms with Crippen LogP contribution >= 0.6 is 11.6 Å². The number of carbonyl (C=O) groups is 2. The van der Waals surface area contributed by atoms with Gasteiger partial charge < -0.3 is 10.2 Å². The standard InChI is InChI=1S/C26H33ClFN3O4S/c1-19(26(33)29-21-11-7-4-8-12-21)30(16-15-20-9-5-3-6-10-20)25(32)18-31(36(2,34)35)22-13-14-24(28)23(27)17-22/h3,5-6,9-10,13-14,17,19,21H,4,7-8,11-12,15-16,18H2,1-2H3,(H,29,33). The van der Waals surface area contributed by atoms with E-state index in [1.54, 1.807) is 6.92 Å². The van der Waals surface area contributed by atoms with Crippen LogP contribution in [-0.4, -0.2) is 56.6 Å². The highest BCUT2D eigenvalue weighted by atomic mass is 35.5. The molecule has 2 aromatic rings. The second kappa shape index (κ2) is 12.5. The highest BCUT2D eigenvalue weighted by Gasteiger charge is 2.31. The van der Waals surface area contributed by atoms with Crippen LogP contribution in [0.15, 0.2) is 48.5 Å². The fourth-order valence-corrected chi connectivity index (χ4v) is 5.41. The van der Waals surface area contributed by atoms with Gasteiger partial charge in [-0.05, 0) is 49.9 Å². The predicted molar refractivity (Wildman–Crippen MR) is 140 cm³/mol. The SMILES string of the molecule is CC(C(=O)NC1CCCCC1)N(CCc1ccccc1)C(=O)CN(c1ccc(F)c(Cl)c1)S(C)(=O)=O. The molecule has 1 atom stereocenters. The zero-order chi connectivity index (χ0) is 26.3. The lowest BCUT2D eigenvalue weighted by molar-refractivity contribution is -0.139. The highest BCUT2D eigenvalue weighted by molar-refractivity contribution is 7.92. The average Bonchev–Trinajstić information content (AvgIpc) is 2.85. The van der Waals surface area contributed by atoms with Crippen LogP contribution in [0.3, 0.4) is 0 Å². The molecule has 1 saturated carbocycles. The van der Waals surface area contributed by atoms with Crippen molar-refractivity contribution in [3.05, 3.63) is 64.9 Å². The van der Waals surface area contributed by atoms with Crippen molar-refractivity contribution >= 4 is 39.1 Å². The van der Waals surface area contributed by atoms with Crippen LogP contribution in [0.25, 0.3) is 0 Å². The Labute approximate surface area is 217 Å². The summed E-state index contributed by atoms with van der Waals surface area (Å²) in [6, 6.07) is 12.3. The number of sulfonamides is 1. The van der Waals surface area contributed by atoms with Crippen molar-refractivity contribution < 1.29 is 22.4 Å². The van der Waals surface area contributed by atoms with Crippen molar-refractivity contribution in [2.75, 3.05) is 23.7 Å². The van der Waals surface area contributed by atoms with E-state index in [2.05, 4.69) is 5.32 Å². The molecule has 1 aliphatic rings. The first kappa shape index (κ1) is 27.9. The molecule has 0 aromatic heterocycles. The monoisotopic (exact) mass is 537 g/mol. The molecule has 0 radical (unpaired) electrons. The topological polar surface area (TPSA) is 86.8 Å². The van der Waals surface area contributed by atoms with E-state index < -0.39 is 34.3 Å². The Morgan fingerprint density at radius 1 is 1.11 bits per heavy atom. The molecule has 7 nitrogen and oxygen atoms in total. The van der Waals surface area contributed by atoms with Crippen LogP contribution in [0.2, 0.25) is 5.02 Å². The van der Waals surface area contributed by atoms with E-state index in [1.807, 2.05) is 30.3 Å². The third kappa shape index (κ3) is 7.67. The first-order valence-electron chi connectivity index (χ1n) is 12.1. The molecule has 2 amide bonds. The number of anilines is 1. The smallest absolute Gasteiger partial charge is 0.244 e. The summed E-state index contributed by atoms with van der Waals surface area (Å²) >= 11 is 5.86. The Morgan fingerprint density at radius 2 is 1.78 bits per heavy atom. The van der Waals surface area contributed by atoms with Gasteiger partial charge in [-0.15, -0.1) is 0 Å². The fourth-order valence-electron chi connectivity index (χ4n) is 4.39. The maximum Gasteiger partial charge on any atom is 0.244 e. The van der Waals surface area contributed by atoms with Crippen molar-refractivity contribution in [3.8, 4) is 0 Å². The van der Waals surface area contributed by atoms with E-state index in [-0.39, 0.29) is 29.2 Å². The lowest BCUT2D eigenvalue weighted by Gasteiger charge is -2.33. The van der Waals surface area contributed by atoms with Gasteiger partial charge in [-0.1, -0.05) is 61.2 Å². The minimum atomic E-state index is -3.91. The van der Waals surface area contributed by atoms with Gasteiger partial charge >= 0.3 is 0 Å². The first-order chi connectivity index (χ1) is 17.1. The summed E-state index contributed by atoms with van der Waals surface area (Å²) in [5, 5.41) is 2.80. The molecule has 0 bridgehead atoms. The number of hydrogen-bond acceptors (Lipinski definition) is 4. The summed E-state index contributed by atoms with van der Waals surface area (Å²) in [7, 11) is -3.91. The number of rotatable bonds is 10. The number of nitrogens with one attached hydrogen (secondary N) is 1. The molecule has 0 aliphatic heterocycles. The Hall–Kier alpha value is -2.65. The molecule has 2 aromatic carbocycles. The van der Waals surface area contributed by atoms with Gasteiger partial charge in [0.25, 0.3) is 0 Å². The normalized spacial score (nSPS) is 15.2. The Bertz CT molecular complexity index is 1160. The minimum Gasteiger partial charge on any atom is -0.352 e. The van der Waals surface area contributed by atoms with E-state index in [0.29, 0.717) is 6.42 Å². The van der Waals surface area contributed by atoms with Crippen molar-refractivity contribution in [2.45, 2.75) is 57.5 Å². The summed E-state index contributed by atoms with van der Waals surface area (Å²) < 4.78 is 39.7. The zero-order valence-corrected chi connectivity index (χ0v) is 22.2. The maximum atomic E-state index is 13.7. The molecular weight excluding hydrogens is 505 g/mol. The molecule has 0 heterocycles. The van der Waals surface area contributed by atoms with Gasteiger partial charge in [-0.25, -0.2) is 12.8 Å². The fraction of sp³-hybridized carbons (Fsp3) is 0.462. The van der Waals surface area contributed by atoms with Crippen LogP contribution in [0, 0.1) is 5.82 Å². The molecule has 10 heteroatoms. The lowest BCUT2D eigenvalue weighted by atomic mass is 9.95. The molecule has 1 aliphatic carbocycles. The number of carbonyl (C=O) groups excluding carboxylic acids is 2. The molecular formula is C26H33ClFN3O4S. The molecule has 36 heavy (non-hydrogen) atoms. The molecule has 1 N–H and O–H groups in total. The number of hydrogen-bond donors (Lipinski definition) is 1. The largest absolute Gasteiger partial charge is 0.352 e. The third-order valence-electron chi connectivity index (χ3n) is 6.47. The van der Waals surface area contributed by atoms with Crippen LogP contribution in [-0.2, 0) is 26.0 Å². The van der Waals surface area contributed by atoms with E-state index in [1.165, 1.54) is 17.0 Å². The summed E-state index contributed by atoms with van der Waals surface area (Å²) in [4.78, 5) is 28.0. The van der Waals surface area contributed by atoms with Gasteiger partial charge in [0.05, 0.1) is 17.0 Å². The van der Waals surface area contributed by atoms with E-state index in [9.17, 15) is 22.4 Å². The van der Waals surface area contributed by atoms with Gasteiger partial charge in [-0.2, -0.15) is 0 Å². The lowest BCUT2D eigenvalue weighted by Crippen LogP contribution is -2.53. The highest BCUT2D eigenvalue weighted by Crippen LogP contribution is 2.25.